The van der Waals surface area contributed by atoms with E-state index in [4.69, 9.17) is 11.1 Å². The molecule has 0 spiro atoms. The zero-order valence-electron chi connectivity index (χ0n) is 27.7. The lowest BCUT2D eigenvalue weighted by Gasteiger charge is -2.13. The van der Waals surface area contributed by atoms with Gasteiger partial charge in [-0.3, -0.25) is 0 Å². The van der Waals surface area contributed by atoms with Crippen molar-refractivity contribution >= 4 is 76.6 Å². The van der Waals surface area contributed by atoms with Gasteiger partial charge in [-0.2, -0.15) is 0 Å². The quantitative estimate of drug-likeness (QED) is 0.141. The monoisotopic (exact) mass is 652 g/mol. The lowest BCUT2D eigenvalue weighted by Crippen LogP contribution is -2.03. The van der Waals surface area contributed by atoms with Gasteiger partial charge in [-0.05, 0) is 75.8 Å². The van der Waals surface area contributed by atoms with Crippen LogP contribution in [-0.2, 0) is 0 Å². The van der Waals surface area contributed by atoms with Gasteiger partial charge in [-0.15, -0.1) is 0 Å². The van der Waals surface area contributed by atoms with Crippen LogP contribution in [0.3, 0.4) is 0 Å². The highest BCUT2D eigenvalue weighted by atomic mass is 15.0. The Labute approximate surface area is 294 Å². The third kappa shape index (κ3) is 4.43. The number of allylic oxidation sites excluding steroid dienone is 1. The number of fused-ring (bicyclic) bond motifs is 11. The van der Waals surface area contributed by atoms with E-state index in [1.807, 2.05) is 42.5 Å². The normalized spacial score (nSPS) is 12.2. The van der Waals surface area contributed by atoms with Crippen molar-refractivity contribution < 1.29 is 0 Å². The molecule has 51 heavy (non-hydrogen) atoms. The van der Waals surface area contributed by atoms with E-state index in [9.17, 15) is 0 Å². The number of hydrogen-bond acceptors (Lipinski definition) is 2. The number of benzene rings is 8. The van der Waals surface area contributed by atoms with Gasteiger partial charge in [0.05, 0.1) is 27.8 Å². The average molecular weight is 653 g/mol. The second-order valence-electron chi connectivity index (χ2n) is 13.1. The molecule has 0 amide bonds. The van der Waals surface area contributed by atoms with Crippen molar-refractivity contribution in [2.75, 3.05) is 0 Å². The van der Waals surface area contributed by atoms with E-state index in [-0.39, 0.29) is 0 Å². The third-order valence-electron chi connectivity index (χ3n) is 10.3. The van der Waals surface area contributed by atoms with Crippen molar-refractivity contribution in [2.45, 2.75) is 0 Å². The fourth-order valence-corrected chi connectivity index (χ4v) is 8.04. The van der Waals surface area contributed by atoms with Gasteiger partial charge < -0.3 is 20.3 Å². The Balaban J connectivity index is 1.20. The molecule has 3 N–H and O–H groups in total. The summed E-state index contributed by atoms with van der Waals surface area (Å²) in [6.07, 6.45) is 1.74. The van der Waals surface area contributed by atoms with Crippen molar-refractivity contribution in [2.24, 2.45) is 5.73 Å². The van der Waals surface area contributed by atoms with Crippen LogP contribution >= 0.6 is 0 Å². The predicted octanol–water partition coefficient (Wildman–Crippen LogP) is 11.6. The summed E-state index contributed by atoms with van der Waals surface area (Å²) >= 11 is 0. The molecule has 0 aliphatic heterocycles. The maximum Gasteiger partial charge on any atom is 0.0632 e. The minimum absolute atomic E-state index is 0.385. The van der Waals surface area contributed by atoms with Gasteiger partial charge in [0.15, 0.2) is 0 Å². The maximum absolute atomic E-state index is 8.62. The summed E-state index contributed by atoms with van der Waals surface area (Å²) in [5.41, 5.74) is 16.2. The van der Waals surface area contributed by atoms with Gasteiger partial charge in [0, 0.05) is 44.0 Å². The van der Waals surface area contributed by atoms with Crippen LogP contribution in [-0.4, -0.2) is 14.8 Å². The molecule has 10 rings (SSSR count). The number of hydrogen-bond donors (Lipinski definition) is 2. The van der Waals surface area contributed by atoms with Crippen LogP contribution < -0.4 is 5.73 Å². The molecule has 2 heterocycles. The van der Waals surface area contributed by atoms with Crippen LogP contribution in [0.2, 0.25) is 0 Å². The van der Waals surface area contributed by atoms with Gasteiger partial charge in [0.2, 0.25) is 0 Å². The third-order valence-corrected chi connectivity index (χ3v) is 10.3. The Kier molecular flexibility index (Phi) is 6.45. The molecule has 0 radical (unpaired) electrons. The Morgan fingerprint density at radius 1 is 0.431 bits per heavy atom. The van der Waals surface area contributed by atoms with E-state index in [1.54, 1.807) is 6.08 Å². The summed E-state index contributed by atoms with van der Waals surface area (Å²) in [7, 11) is 0. The van der Waals surface area contributed by atoms with Crippen LogP contribution in [0.15, 0.2) is 176 Å². The molecule has 0 saturated heterocycles. The fraction of sp³-hybridized carbons (Fsp3) is 0. The smallest absolute Gasteiger partial charge is 0.0632 e. The minimum atomic E-state index is 0.385. The summed E-state index contributed by atoms with van der Waals surface area (Å²) < 4.78 is 4.75. The molecule has 0 fully saturated rings. The Bertz CT molecular complexity index is 3040. The lowest BCUT2D eigenvalue weighted by atomic mass is 9.96. The molecule has 8 aromatic carbocycles. The van der Waals surface area contributed by atoms with Crippen molar-refractivity contribution in [1.82, 2.24) is 9.13 Å². The molecular weight excluding hydrogens is 621 g/mol. The number of aromatic nitrogens is 2. The molecule has 0 atom stereocenters. The Morgan fingerprint density at radius 2 is 0.980 bits per heavy atom. The molecule has 4 nitrogen and oxygen atoms in total. The van der Waals surface area contributed by atoms with E-state index in [0.29, 0.717) is 11.4 Å². The van der Waals surface area contributed by atoms with E-state index in [0.717, 1.165) is 33.5 Å². The largest absolute Gasteiger partial charge is 0.398 e. The molecule has 10 aromatic rings. The molecular formula is C47H32N4. The first-order valence-corrected chi connectivity index (χ1v) is 17.2. The number of nitrogens with zero attached hydrogens (tertiary/aromatic N) is 2. The number of nitrogens with two attached hydrogens (primary N) is 1. The topological polar surface area (TPSA) is 59.7 Å². The zero-order chi connectivity index (χ0) is 34.1. The summed E-state index contributed by atoms with van der Waals surface area (Å²) in [5.74, 6) is 0. The Morgan fingerprint density at radius 3 is 1.76 bits per heavy atom. The average Bonchev–Trinajstić information content (AvgIpc) is 3.72. The second-order valence-corrected chi connectivity index (χ2v) is 13.1. The first-order chi connectivity index (χ1) is 25.2. The van der Waals surface area contributed by atoms with Crippen molar-refractivity contribution in [3.05, 3.63) is 187 Å². The number of rotatable bonds is 5. The van der Waals surface area contributed by atoms with Crippen molar-refractivity contribution in [3.63, 3.8) is 0 Å². The second kappa shape index (κ2) is 11.3. The lowest BCUT2D eigenvalue weighted by molar-refractivity contribution is 1.18. The van der Waals surface area contributed by atoms with Crippen molar-refractivity contribution in [3.8, 4) is 11.4 Å². The first-order valence-electron chi connectivity index (χ1n) is 17.2. The standard InChI is InChI=1S/C47H32N4/c48-41(30-12-3-1-4-13-30)29-42(49)31-14-11-17-33(28-31)50-44-21-10-8-19-40(44)46-37-23-25-38-35(34(37)26-27-45(46)50)22-24-39-36-18-7-9-20-43(36)51(47(38)39)32-15-5-2-6-16-32/h1-29,48H,49H2/b42-29-,48-41?. The molecule has 240 valence electrons. The fourth-order valence-electron chi connectivity index (χ4n) is 8.04. The molecule has 0 aliphatic rings. The molecule has 2 aromatic heterocycles. The Hall–Kier alpha value is -6.91. The van der Waals surface area contributed by atoms with E-state index in [2.05, 4.69) is 137 Å². The molecule has 0 aliphatic carbocycles. The minimum Gasteiger partial charge on any atom is -0.398 e. The summed E-state index contributed by atoms with van der Waals surface area (Å²) in [6.45, 7) is 0. The highest BCUT2D eigenvalue weighted by Gasteiger charge is 2.19. The van der Waals surface area contributed by atoms with E-state index in [1.165, 1.54) is 54.1 Å². The highest BCUT2D eigenvalue weighted by molar-refractivity contribution is 6.29. The molecule has 0 bridgehead atoms. The predicted molar refractivity (Wildman–Crippen MR) is 216 cm³/mol. The molecule has 4 heteroatoms. The summed E-state index contributed by atoms with van der Waals surface area (Å²) in [6, 6.07) is 59.8. The maximum atomic E-state index is 8.62. The van der Waals surface area contributed by atoms with Crippen LogP contribution in [0.1, 0.15) is 11.1 Å². The SMILES string of the molecule is N=C(/C=C(\N)c1cccc(-n2c3ccccc3c3c4ccc5c(ccc6c7ccccc7n(-c7ccccc7)c56)c4ccc32)c1)c1ccccc1. The van der Waals surface area contributed by atoms with Gasteiger partial charge in [0.1, 0.15) is 0 Å². The first kappa shape index (κ1) is 29.0. The van der Waals surface area contributed by atoms with Crippen LogP contribution in [0.5, 0.6) is 0 Å². The molecule has 0 unspecified atom stereocenters. The van der Waals surface area contributed by atoms with Crippen LogP contribution in [0.4, 0.5) is 0 Å². The van der Waals surface area contributed by atoms with Crippen LogP contribution in [0.25, 0.3) is 82.2 Å². The zero-order valence-corrected chi connectivity index (χ0v) is 27.7. The summed E-state index contributed by atoms with van der Waals surface area (Å²) in [5, 5.41) is 18.5. The van der Waals surface area contributed by atoms with E-state index >= 15 is 0 Å². The van der Waals surface area contributed by atoms with Gasteiger partial charge >= 0.3 is 0 Å². The highest BCUT2D eigenvalue weighted by Crippen LogP contribution is 2.42. The van der Waals surface area contributed by atoms with Gasteiger partial charge in [-0.25, -0.2) is 0 Å². The number of nitrogens with one attached hydrogen (secondary N) is 1. The number of para-hydroxylation sites is 3. The van der Waals surface area contributed by atoms with E-state index < -0.39 is 0 Å². The van der Waals surface area contributed by atoms with Gasteiger partial charge in [0.25, 0.3) is 0 Å². The van der Waals surface area contributed by atoms with Crippen LogP contribution in [0, 0.1) is 5.41 Å². The van der Waals surface area contributed by atoms with Crippen molar-refractivity contribution in [1.29, 1.82) is 5.41 Å². The van der Waals surface area contributed by atoms with Gasteiger partial charge in [-0.1, -0.05) is 127 Å². The molecule has 0 saturated carbocycles. The summed E-state index contributed by atoms with van der Waals surface area (Å²) in [4.78, 5) is 0.